The van der Waals surface area contributed by atoms with Crippen molar-refractivity contribution in [1.29, 1.82) is 0 Å². The van der Waals surface area contributed by atoms with E-state index in [0.717, 1.165) is 53.4 Å². The Balaban J connectivity index is 0.971. The normalized spacial score (nSPS) is 23.7. The second kappa shape index (κ2) is 14.5. The van der Waals surface area contributed by atoms with Gasteiger partial charge in [-0.05, 0) is 73.8 Å². The lowest BCUT2D eigenvalue weighted by atomic mass is 9.78. The number of hydrogen-bond acceptors (Lipinski definition) is 9. The average molecular weight is 817 g/mol. The summed E-state index contributed by atoms with van der Waals surface area (Å²) in [5, 5.41) is 10.6. The zero-order valence-corrected chi connectivity index (χ0v) is 33.1. The maximum Gasteiger partial charge on any atom is 0.421 e. The van der Waals surface area contributed by atoms with Crippen LogP contribution in [0.1, 0.15) is 85.3 Å². The monoisotopic (exact) mass is 816 g/mol. The van der Waals surface area contributed by atoms with Crippen LogP contribution in [0.25, 0.3) is 22.4 Å². The lowest BCUT2D eigenvalue weighted by molar-refractivity contribution is -0.149. The molecule has 5 aliphatic rings. The Morgan fingerprint density at radius 2 is 1.59 bits per heavy atom. The van der Waals surface area contributed by atoms with Gasteiger partial charge in [0.2, 0.25) is 17.6 Å². The number of carboxylic acid groups (broad SMARTS) is 1. The van der Waals surface area contributed by atoms with Crippen LogP contribution in [0.2, 0.25) is 5.02 Å². The van der Waals surface area contributed by atoms with Crippen molar-refractivity contribution in [2.75, 3.05) is 27.3 Å². The van der Waals surface area contributed by atoms with Crippen molar-refractivity contribution in [2.24, 2.45) is 5.41 Å². The van der Waals surface area contributed by atoms with Crippen LogP contribution in [0.5, 0.6) is 17.6 Å². The molecule has 2 bridgehead atoms. The Labute approximate surface area is 339 Å². The molecule has 3 aliphatic heterocycles. The number of carbonyl (C=O) groups is 2. The van der Waals surface area contributed by atoms with Gasteiger partial charge in [-0.3, -0.25) is 19.4 Å². The Morgan fingerprint density at radius 3 is 2.28 bits per heavy atom. The fourth-order valence-corrected chi connectivity index (χ4v) is 10.8. The van der Waals surface area contributed by atoms with Gasteiger partial charge in [-0.15, -0.1) is 0 Å². The predicted molar refractivity (Wildman–Crippen MR) is 209 cm³/mol. The number of pyridine rings is 2. The molecule has 2 aromatic heterocycles. The summed E-state index contributed by atoms with van der Waals surface area (Å²) < 4.78 is 61.6. The Bertz CT molecular complexity index is 2310. The largest absolute Gasteiger partial charge is 0.481 e. The number of fused-ring (bicyclic) bond motifs is 3. The molecule has 0 radical (unpaired) electrons. The molecule has 0 unspecified atom stereocenters. The van der Waals surface area contributed by atoms with E-state index in [4.69, 9.17) is 30.8 Å². The summed E-state index contributed by atoms with van der Waals surface area (Å²) in [6, 6.07) is 16.3. The van der Waals surface area contributed by atoms with Crippen molar-refractivity contribution < 1.29 is 42.1 Å². The number of aromatic nitrogens is 2. The summed E-state index contributed by atoms with van der Waals surface area (Å²) in [6.07, 6.45) is 0.0141. The van der Waals surface area contributed by atoms with Gasteiger partial charge in [0.1, 0.15) is 23.0 Å². The highest BCUT2D eigenvalue weighted by Gasteiger charge is 2.57. The molecule has 1 N–H and O–H groups in total. The van der Waals surface area contributed by atoms with E-state index in [0.29, 0.717) is 85.9 Å². The number of carboxylic acids is 1. The van der Waals surface area contributed by atoms with Crippen LogP contribution in [-0.2, 0) is 35.3 Å². The van der Waals surface area contributed by atoms with E-state index < -0.39 is 35.2 Å². The fourth-order valence-electron chi connectivity index (χ4n) is 10.4. The van der Waals surface area contributed by atoms with Crippen LogP contribution in [0, 0.1) is 5.41 Å². The standard InChI is InChI=1S/C44H44ClF3N4O6/c1-56-38-25(21-51-23-42(24-51)16-15-28(53)20-42)9-11-35(49-38)33-8-4-7-32(37(33)45)29-5-3-6-31-30(29)10-12-36(31)58-40-34(44(46,47)48)19-26(39(50-40)57-2)22-52-27-13-17-43(52,18-14-27)41(54)55/h3-9,11,19,27,36H,10,12-18,20-24H2,1-2H3,(H,54,55)/t27?,36-,43?/m0/s1. The first kappa shape index (κ1) is 38.8. The van der Waals surface area contributed by atoms with E-state index in [9.17, 15) is 27.9 Å². The number of nitrogens with zero attached hydrogens (tertiary/aromatic N) is 4. The first-order valence-electron chi connectivity index (χ1n) is 19.8. The number of Topliss-reactive ketones (excluding diaryl/α,β-unsaturated/α-hetero) is 1. The number of ether oxygens (including phenoxy) is 3. The van der Waals surface area contributed by atoms with Gasteiger partial charge >= 0.3 is 12.1 Å². The summed E-state index contributed by atoms with van der Waals surface area (Å²) in [5.41, 5.74) is 3.73. The van der Waals surface area contributed by atoms with Crippen LogP contribution >= 0.6 is 11.6 Å². The van der Waals surface area contributed by atoms with E-state index in [-0.39, 0.29) is 29.4 Å². The molecule has 0 amide bonds. The Hall–Kier alpha value is -4.72. The zero-order chi connectivity index (χ0) is 40.6. The first-order valence-corrected chi connectivity index (χ1v) is 20.2. The second-order valence-corrected chi connectivity index (χ2v) is 17.0. The van der Waals surface area contributed by atoms with E-state index in [1.807, 2.05) is 48.5 Å². The molecule has 14 heteroatoms. The molecular formula is C44H44ClF3N4O6. The summed E-state index contributed by atoms with van der Waals surface area (Å²) in [6.45, 7) is 2.42. The molecule has 5 heterocycles. The molecular weight excluding hydrogens is 773 g/mol. The summed E-state index contributed by atoms with van der Waals surface area (Å²) in [5.74, 6) is -0.704. The van der Waals surface area contributed by atoms with E-state index in [1.165, 1.54) is 7.11 Å². The molecule has 1 spiro atoms. The minimum Gasteiger partial charge on any atom is -0.481 e. The third-order valence-corrected chi connectivity index (χ3v) is 13.6. The summed E-state index contributed by atoms with van der Waals surface area (Å²) in [7, 11) is 2.94. The fraction of sp³-hybridized carbons (Fsp3) is 0.455. The number of methoxy groups -OCH3 is 2. The van der Waals surface area contributed by atoms with Crippen molar-refractivity contribution in [3.05, 3.63) is 87.4 Å². The van der Waals surface area contributed by atoms with Crippen LogP contribution in [-0.4, -0.2) is 75.5 Å². The number of benzene rings is 2. The summed E-state index contributed by atoms with van der Waals surface area (Å²) in [4.78, 5) is 37.5. The summed E-state index contributed by atoms with van der Waals surface area (Å²) >= 11 is 7.17. The van der Waals surface area contributed by atoms with E-state index in [1.54, 1.807) is 12.0 Å². The van der Waals surface area contributed by atoms with Crippen molar-refractivity contribution in [3.8, 4) is 40.0 Å². The smallest absolute Gasteiger partial charge is 0.421 e. The Morgan fingerprint density at radius 1 is 0.879 bits per heavy atom. The minimum atomic E-state index is -4.79. The van der Waals surface area contributed by atoms with Gasteiger partial charge in [0, 0.05) is 72.7 Å². The lowest BCUT2D eigenvalue weighted by Gasteiger charge is -2.48. The molecule has 10 nitrogen and oxygen atoms in total. The SMILES string of the molecule is COc1nc(-c2cccc(-c3cccc4c3CC[C@@H]4Oc3nc(OC)c(CN4C5CCC4(C(=O)O)CC5)cc3C(F)(F)F)c2Cl)ccc1CN1CC2(CCC(=O)C2)C1. The number of hydrogen-bond donors (Lipinski definition) is 1. The third-order valence-electron chi connectivity index (χ3n) is 13.2. The van der Waals surface area contributed by atoms with Gasteiger partial charge in [0.15, 0.2) is 0 Å². The highest BCUT2D eigenvalue weighted by molar-refractivity contribution is 6.36. The second-order valence-electron chi connectivity index (χ2n) is 16.6. The van der Waals surface area contributed by atoms with Crippen molar-refractivity contribution >= 4 is 23.4 Å². The van der Waals surface area contributed by atoms with Gasteiger partial charge < -0.3 is 19.3 Å². The minimum absolute atomic E-state index is 0.0240. The molecule has 2 aliphatic carbocycles. The van der Waals surface area contributed by atoms with Gasteiger partial charge in [-0.25, -0.2) is 4.98 Å². The molecule has 1 saturated carbocycles. The molecule has 4 fully saturated rings. The maximum absolute atomic E-state index is 14.7. The van der Waals surface area contributed by atoms with Crippen LogP contribution in [0.15, 0.2) is 54.6 Å². The molecule has 304 valence electrons. The highest BCUT2D eigenvalue weighted by atomic mass is 35.5. The quantitative estimate of drug-likeness (QED) is 0.158. The number of carbonyl (C=O) groups excluding carboxylic acids is 1. The van der Waals surface area contributed by atoms with E-state index >= 15 is 0 Å². The van der Waals surface area contributed by atoms with Gasteiger partial charge in [0.05, 0.1) is 24.9 Å². The van der Waals surface area contributed by atoms with Gasteiger partial charge in [-0.1, -0.05) is 54.1 Å². The first-order chi connectivity index (χ1) is 27.8. The molecule has 4 aromatic rings. The zero-order valence-electron chi connectivity index (χ0n) is 32.3. The highest BCUT2D eigenvalue weighted by Crippen LogP contribution is 2.50. The number of aliphatic carboxylic acids is 1. The number of ketones is 1. The topological polar surface area (TPSA) is 114 Å². The molecule has 1 atom stereocenters. The van der Waals surface area contributed by atoms with Crippen molar-refractivity contribution in [2.45, 2.75) is 94.7 Å². The number of alkyl halides is 3. The number of halogens is 4. The van der Waals surface area contributed by atoms with Crippen LogP contribution in [0.4, 0.5) is 13.2 Å². The predicted octanol–water partition coefficient (Wildman–Crippen LogP) is 8.70. The van der Waals surface area contributed by atoms with Gasteiger partial charge in [-0.2, -0.15) is 18.2 Å². The number of rotatable bonds is 11. The van der Waals surface area contributed by atoms with Crippen LogP contribution in [0.3, 0.4) is 0 Å². The third kappa shape index (κ3) is 6.59. The van der Waals surface area contributed by atoms with Crippen molar-refractivity contribution in [1.82, 2.24) is 19.8 Å². The lowest BCUT2D eigenvalue weighted by Crippen LogP contribution is -2.54. The molecule has 2 aromatic carbocycles. The Kier molecular flexibility index (Phi) is 9.71. The maximum atomic E-state index is 14.7. The molecule has 9 rings (SSSR count). The number of likely N-dealkylation sites (tertiary alicyclic amines) is 1. The average Bonchev–Trinajstić information content (AvgIpc) is 3.97. The molecule has 3 saturated heterocycles. The van der Waals surface area contributed by atoms with Crippen LogP contribution < -0.4 is 14.2 Å². The van der Waals surface area contributed by atoms with Crippen molar-refractivity contribution in [3.63, 3.8) is 0 Å². The van der Waals surface area contributed by atoms with Gasteiger partial charge in [0.25, 0.3) is 0 Å². The molecule has 58 heavy (non-hydrogen) atoms. The van der Waals surface area contributed by atoms with E-state index in [2.05, 4.69) is 9.88 Å².